The number of carboxylic acid groups (broad SMARTS) is 1. The summed E-state index contributed by atoms with van der Waals surface area (Å²) in [5.41, 5.74) is 1.72. The van der Waals surface area contributed by atoms with E-state index in [0.717, 1.165) is 35.2 Å². The maximum absolute atomic E-state index is 11.9. The van der Waals surface area contributed by atoms with Gasteiger partial charge in [-0.05, 0) is 38.3 Å². The molecule has 150 valence electrons. The van der Waals surface area contributed by atoms with Gasteiger partial charge >= 0.3 is 5.97 Å². The molecule has 0 radical (unpaired) electrons. The molecular weight excluding hydrogens is 360 g/mol. The van der Waals surface area contributed by atoms with Crippen LogP contribution in [0.25, 0.3) is 10.9 Å². The van der Waals surface area contributed by atoms with Crippen molar-refractivity contribution in [2.45, 2.75) is 44.6 Å². The Kier molecular flexibility index (Phi) is 6.08. The number of hydrogen-bond donors (Lipinski definition) is 3. The van der Waals surface area contributed by atoms with Crippen molar-refractivity contribution in [2.24, 2.45) is 0 Å². The molecule has 1 atom stereocenters. The number of aromatic nitrogens is 2. The Bertz CT molecular complexity index is 872. The number of β-amino-alcohol motifs (C(OH)–C–C–N with tert-alkyl or cyclic N) is 1. The van der Waals surface area contributed by atoms with E-state index < -0.39 is 11.6 Å². The minimum Gasteiger partial charge on any atom is -0.481 e. The number of piperidine rings is 1. The monoisotopic (exact) mass is 386 g/mol. The Balaban J connectivity index is 1.67. The Hall–Kier alpha value is -2.74. The zero-order chi connectivity index (χ0) is 20.1. The fourth-order valence-corrected chi connectivity index (χ4v) is 3.66. The van der Waals surface area contributed by atoms with Gasteiger partial charge in [0.25, 0.3) is 0 Å². The molecule has 0 spiro atoms. The normalized spacial score (nSPS) is 19.6. The van der Waals surface area contributed by atoms with E-state index in [1.807, 2.05) is 19.1 Å². The lowest BCUT2D eigenvalue weighted by molar-refractivity contribution is -0.137. The van der Waals surface area contributed by atoms with Gasteiger partial charge in [0.2, 0.25) is 5.91 Å². The van der Waals surface area contributed by atoms with E-state index in [1.165, 1.54) is 0 Å². The van der Waals surface area contributed by atoms with E-state index >= 15 is 0 Å². The quantitative estimate of drug-likeness (QED) is 0.662. The number of pyridine rings is 2. The molecule has 1 aliphatic heterocycles. The predicted molar refractivity (Wildman–Crippen MR) is 105 cm³/mol. The standard InChI is InChI=1S/C20H26N4O4/c1-14-10-17(15-11-21-8-6-16(15)23-14)24-9-3-7-20(28,13-24)12-22-18(25)4-2-5-19(26)27/h6,8,10-11,28H,2-5,7,9,12-13H2,1H3,(H,22,25)(H,26,27)/t20-/m1/s1. The third-order valence-corrected chi connectivity index (χ3v) is 5.02. The highest BCUT2D eigenvalue weighted by Crippen LogP contribution is 2.31. The van der Waals surface area contributed by atoms with Crippen molar-refractivity contribution < 1.29 is 19.8 Å². The second-order valence-corrected chi connectivity index (χ2v) is 7.45. The molecule has 1 saturated heterocycles. The van der Waals surface area contributed by atoms with E-state index in [0.29, 0.717) is 19.4 Å². The molecule has 28 heavy (non-hydrogen) atoms. The summed E-state index contributed by atoms with van der Waals surface area (Å²) in [6, 6.07) is 3.87. The highest BCUT2D eigenvalue weighted by molar-refractivity contribution is 5.91. The largest absolute Gasteiger partial charge is 0.481 e. The van der Waals surface area contributed by atoms with Crippen LogP contribution < -0.4 is 10.2 Å². The van der Waals surface area contributed by atoms with Crippen LogP contribution in [0.4, 0.5) is 5.69 Å². The maximum atomic E-state index is 11.9. The van der Waals surface area contributed by atoms with Crippen molar-refractivity contribution in [2.75, 3.05) is 24.5 Å². The first-order valence-corrected chi connectivity index (χ1v) is 9.53. The van der Waals surface area contributed by atoms with Crippen LogP contribution in [0.2, 0.25) is 0 Å². The van der Waals surface area contributed by atoms with Crippen molar-refractivity contribution in [1.82, 2.24) is 15.3 Å². The van der Waals surface area contributed by atoms with Crippen LogP contribution in [0.1, 0.15) is 37.8 Å². The Morgan fingerprint density at radius 2 is 2.18 bits per heavy atom. The van der Waals surface area contributed by atoms with Gasteiger partial charge in [-0.3, -0.25) is 19.6 Å². The molecule has 1 amide bonds. The molecule has 3 N–H and O–H groups in total. The third kappa shape index (κ3) is 4.95. The van der Waals surface area contributed by atoms with Crippen LogP contribution in [0, 0.1) is 6.92 Å². The Morgan fingerprint density at radius 3 is 2.96 bits per heavy atom. The van der Waals surface area contributed by atoms with Crippen molar-refractivity contribution in [3.63, 3.8) is 0 Å². The molecule has 0 aliphatic carbocycles. The van der Waals surface area contributed by atoms with Gasteiger partial charge in [0.05, 0.1) is 11.1 Å². The molecular formula is C20H26N4O4. The Labute approximate surface area is 163 Å². The number of fused-ring (bicyclic) bond motifs is 1. The SMILES string of the molecule is Cc1cc(N2CCC[C@@](O)(CNC(=O)CCCC(=O)O)C2)c2cnccc2n1. The summed E-state index contributed by atoms with van der Waals surface area (Å²) in [6.45, 7) is 3.30. The lowest BCUT2D eigenvalue weighted by Gasteiger charge is -2.41. The lowest BCUT2D eigenvalue weighted by Crippen LogP contribution is -2.54. The number of rotatable bonds is 7. The second kappa shape index (κ2) is 8.52. The van der Waals surface area contributed by atoms with Crippen molar-refractivity contribution in [3.8, 4) is 0 Å². The van der Waals surface area contributed by atoms with Crippen LogP contribution in [0.3, 0.4) is 0 Å². The van der Waals surface area contributed by atoms with Gasteiger partial charge in [-0.25, -0.2) is 0 Å². The van der Waals surface area contributed by atoms with Crippen LogP contribution in [-0.2, 0) is 9.59 Å². The summed E-state index contributed by atoms with van der Waals surface area (Å²) in [6.07, 6.45) is 5.30. The molecule has 3 rings (SSSR count). The van der Waals surface area contributed by atoms with Gasteiger partial charge in [-0.15, -0.1) is 0 Å². The topological polar surface area (TPSA) is 116 Å². The molecule has 1 aliphatic rings. The second-order valence-electron chi connectivity index (χ2n) is 7.45. The van der Waals surface area contributed by atoms with E-state index in [9.17, 15) is 14.7 Å². The summed E-state index contributed by atoms with van der Waals surface area (Å²) in [4.78, 5) is 33.3. The van der Waals surface area contributed by atoms with E-state index in [1.54, 1.807) is 12.4 Å². The first-order valence-electron chi connectivity index (χ1n) is 9.53. The first-order chi connectivity index (χ1) is 13.4. The molecule has 2 aromatic rings. The van der Waals surface area contributed by atoms with Gasteiger partial charge in [-0.2, -0.15) is 0 Å². The van der Waals surface area contributed by atoms with Crippen molar-refractivity contribution >= 4 is 28.5 Å². The third-order valence-electron chi connectivity index (χ3n) is 5.02. The molecule has 3 heterocycles. The fourth-order valence-electron chi connectivity index (χ4n) is 3.66. The van der Waals surface area contributed by atoms with Crippen LogP contribution in [0.5, 0.6) is 0 Å². The van der Waals surface area contributed by atoms with Crippen LogP contribution >= 0.6 is 0 Å². The Morgan fingerprint density at radius 1 is 1.36 bits per heavy atom. The summed E-state index contributed by atoms with van der Waals surface area (Å²) < 4.78 is 0. The first kappa shape index (κ1) is 20.0. The van der Waals surface area contributed by atoms with Gasteiger partial charge in [0.1, 0.15) is 0 Å². The number of hydrogen-bond acceptors (Lipinski definition) is 6. The van der Waals surface area contributed by atoms with Crippen LogP contribution in [0.15, 0.2) is 24.5 Å². The number of aliphatic carboxylic acids is 1. The number of nitrogens with zero attached hydrogens (tertiary/aromatic N) is 3. The number of anilines is 1. The number of amides is 1. The minimum atomic E-state index is -1.04. The highest BCUT2D eigenvalue weighted by atomic mass is 16.4. The minimum absolute atomic E-state index is 0.0338. The fraction of sp³-hybridized carbons (Fsp3) is 0.500. The molecule has 0 unspecified atom stereocenters. The van der Waals surface area contributed by atoms with Gasteiger partial charge in [0, 0.05) is 61.6 Å². The maximum Gasteiger partial charge on any atom is 0.303 e. The summed E-state index contributed by atoms with van der Waals surface area (Å²) >= 11 is 0. The van der Waals surface area contributed by atoms with Gasteiger partial charge in [0.15, 0.2) is 0 Å². The van der Waals surface area contributed by atoms with Crippen molar-refractivity contribution in [1.29, 1.82) is 0 Å². The number of carbonyl (C=O) groups is 2. The lowest BCUT2D eigenvalue weighted by atomic mass is 9.92. The molecule has 8 nitrogen and oxygen atoms in total. The number of aryl methyl sites for hydroxylation is 1. The highest BCUT2D eigenvalue weighted by Gasteiger charge is 2.34. The predicted octanol–water partition coefficient (Wildman–Crippen LogP) is 1.64. The number of nitrogens with one attached hydrogen (secondary N) is 1. The van der Waals surface area contributed by atoms with Crippen LogP contribution in [-0.4, -0.2) is 57.3 Å². The van der Waals surface area contributed by atoms with E-state index in [-0.39, 0.29) is 25.3 Å². The average molecular weight is 386 g/mol. The molecule has 0 saturated carbocycles. The van der Waals surface area contributed by atoms with Gasteiger partial charge < -0.3 is 20.4 Å². The summed E-state index contributed by atoms with van der Waals surface area (Å²) in [5, 5.41) is 23.4. The molecule has 2 aromatic heterocycles. The molecule has 0 aromatic carbocycles. The molecule has 1 fully saturated rings. The van der Waals surface area contributed by atoms with E-state index in [2.05, 4.69) is 20.2 Å². The summed E-state index contributed by atoms with van der Waals surface area (Å²) in [7, 11) is 0. The zero-order valence-corrected chi connectivity index (χ0v) is 16.0. The van der Waals surface area contributed by atoms with Crippen molar-refractivity contribution in [3.05, 3.63) is 30.2 Å². The number of aliphatic hydroxyl groups is 1. The number of carboxylic acids is 1. The average Bonchev–Trinajstić information content (AvgIpc) is 2.65. The summed E-state index contributed by atoms with van der Waals surface area (Å²) in [5.74, 6) is -1.15. The zero-order valence-electron chi connectivity index (χ0n) is 16.0. The van der Waals surface area contributed by atoms with E-state index in [4.69, 9.17) is 5.11 Å². The number of carbonyl (C=O) groups excluding carboxylic acids is 1. The van der Waals surface area contributed by atoms with Gasteiger partial charge in [-0.1, -0.05) is 0 Å². The molecule has 8 heteroatoms. The molecule has 0 bridgehead atoms. The smallest absolute Gasteiger partial charge is 0.303 e.